The van der Waals surface area contributed by atoms with Crippen molar-refractivity contribution in [2.24, 2.45) is 16.7 Å². The summed E-state index contributed by atoms with van der Waals surface area (Å²) in [6, 6.07) is 2.23. The Balaban J connectivity index is 1.87. The molecular formula is C17H27NO2. The topological polar surface area (TPSA) is 50.1 Å². The second-order valence-corrected chi connectivity index (χ2v) is 7.65. The van der Waals surface area contributed by atoms with Gasteiger partial charge in [0, 0.05) is 0 Å². The third-order valence-corrected chi connectivity index (χ3v) is 5.23. The van der Waals surface area contributed by atoms with Crippen LogP contribution in [-0.4, -0.2) is 12.1 Å². The number of nitrogens with zero attached hydrogens (tertiary/aromatic N) is 1. The van der Waals surface area contributed by atoms with E-state index in [4.69, 9.17) is 4.74 Å². The molecular weight excluding hydrogens is 250 g/mol. The molecule has 2 aliphatic rings. The third kappa shape index (κ3) is 3.16. The standard InChI is InChI=1S/C17H27NO2/c1-16(2,3)13-6-8-14(9-7-13)20-15(19)17(12-18)10-4-5-11-17/h13-14H,4-11H2,1-3H3. The molecule has 20 heavy (non-hydrogen) atoms. The van der Waals surface area contributed by atoms with Gasteiger partial charge < -0.3 is 4.74 Å². The minimum absolute atomic E-state index is 0.0342. The molecule has 2 aliphatic carbocycles. The van der Waals surface area contributed by atoms with Crippen LogP contribution in [0.3, 0.4) is 0 Å². The van der Waals surface area contributed by atoms with Crippen molar-refractivity contribution in [2.45, 2.75) is 78.2 Å². The summed E-state index contributed by atoms with van der Waals surface area (Å²) in [6.07, 6.45) is 7.50. The maximum Gasteiger partial charge on any atom is 0.326 e. The van der Waals surface area contributed by atoms with Crippen LogP contribution in [0.4, 0.5) is 0 Å². The molecule has 3 heteroatoms. The summed E-state index contributed by atoms with van der Waals surface area (Å²) in [6.45, 7) is 6.85. The number of esters is 1. The van der Waals surface area contributed by atoms with E-state index in [1.165, 1.54) is 0 Å². The molecule has 2 saturated carbocycles. The van der Waals surface area contributed by atoms with Gasteiger partial charge in [-0.1, -0.05) is 33.6 Å². The molecule has 112 valence electrons. The van der Waals surface area contributed by atoms with E-state index in [2.05, 4.69) is 26.8 Å². The molecule has 0 saturated heterocycles. The second kappa shape index (κ2) is 5.76. The predicted molar refractivity (Wildman–Crippen MR) is 77.8 cm³/mol. The molecule has 0 aliphatic heterocycles. The van der Waals surface area contributed by atoms with Crippen LogP contribution in [0.5, 0.6) is 0 Å². The van der Waals surface area contributed by atoms with E-state index in [-0.39, 0.29) is 12.1 Å². The molecule has 0 radical (unpaired) electrons. The van der Waals surface area contributed by atoms with Gasteiger partial charge >= 0.3 is 5.97 Å². The first-order valence-corrected chi connectivity index (χ1v) is 8.00. The summed E-state index contributed by atoms with van der Waals surface area (Å²) >= 11 is 0. The lowest BCUT2D eigenvalue weighted by atomic mass is 9.72. The van der Waals surface area contributed by atoms with Crippen molar-refractivity contribution in [3.05, 3.63) is 0 Å². The number of hydrogen-bond acceptors (Lipinski definition) is 3. The Labute approximate surface area is 122 Å². The van der Waals surface area contributed by atoms with Crippen molar-refractivity contribution in [3.8, 4) is 6.07 Å². The largest absolute Gasteiger partial charge is 0.461 e. The molecule has 0 aromatic carbocycles. The van der Waals surface area contributed by atoms with Crippen LogP contribution in [0.15, 0.2) is 0 Å². The van der Waals surface area contributed by atoms with E-state index in [0.29, 0.717) is 24.2 Å². The van der Waals surface area contributed by atoms with Crippen molar-refractivity contribution in [1.29, 1.82) is 5.26 Å². The Bertz CT molecular complexity index is 388. The molecule has 0 N–H and O–H groups in total. The molecule has 3 nitrogen and oxygen atoms in total. The number of ether oxygens (including phenoxy) is 1. The van der Waals surface area contributed by atoms with Crippen molar-refractivity contribution in [1.82, 2.24) is 0 Å². The highest BCUT2D eigenvalue weighted by atomic mass is 16.5. The zero-order valence-corrected chi connectivity index (χ0v) is 13.1. The summed E-state index contributed by atoms with van der Waals surface area (Å²) in [5.41, 5.74) is -0.491. The van der Waals surface area contributed by atoms with E-state index in [0.717, 1.165) is 38.5 Å². The van der Waals surface area contributed by atoms with Gasteiger partial charge in [-0.05, 0) is 49.9 Å². The number of rotatable bonds is 2. The Hall–Kier alpha value is -1.04. The fourth-order valence-electron chi connectivity index (χ4n) is 3.65. The molecule has 0 bridgehead atoms. The van der Waals surface area contributed by atoms with Gasteiger partial charge in [-0.2, -0.15) is 5.26 Å². The van der Waals surface area contributed by atoms with Gasteiger partial charge in [0.05, 0.1) is 6.07 Å². The second-order valence-electron chi connectivity index (χ2n) is 7.65. The van der Waals surface area contributed by atoms with Gasteiger partial charge in [0.1, 0.15) is 6.10 Å². The van der Waals surface area contributed by atoms with Crippen LogP contribution >= 0.6 is 0 Å². The van der Waals surface area contributed by atoms with Gasteiger partial charge in [-0.3, -0.25) is 4.79 Å². The van der Waals surface area contributed by atoms with Gasteiger partial charge in [0.15, 0.2) is 5.41 Å². The summed E-state index contributed by atoms with van der Waals surface area (Å²) in [4.78, 5) is 12.3. The zero-order chi connectivity index (χ0) is 14.8. The SMILES string of the molecule is CC(C)(C)C1CCC(OC(=O)C2(C#N)CCCC2)CC1. The first kappa shape index (κ1) is 15.4. The zero-order valence-electron chi connectivity index (χ0n) is 13.1. The minimum Gasteiger partial charge on any atom is -0.461 e. The molecule has 0 heterocycles. The maximum absolute atomic E-state index is 12.3. The Kier molecular flexibility index (Phi) is 4.42. The molecule has 0 atom stereocenters. The van der Waals surface area contributed by atoms with Crippen LogP contribution in [0, 0.1) is 28.1 Å². The molecule has 2 rings (SSSR count). The lowest BCUT2D eigenvalue weighted by Gasteiger charge is -2.37. The van der Waals surface area contributed by atoms with Gasteiger partial charge in [0.2, 0.25) is 0 Å². The van der Waals surface area contributed by atoms with Crippen molar-refractivity contribution in [3.63, 3.8) is 0 Å². The van der Waals surface area contributed by atoms with Crippen molar-refractivity contribution in [2.75, 3.05) is 0 Å². The van der Waals surface area contributed by atoms with Gasteiger partial charge in [0.25, 0.3) is 0 Å². The maximum atomic E-state index is 12.3. The monoisotopic (exact) mass is 277 g/mol. The quantitative estimate of drug-likeness (QED) is 0.710. The van der Waals surface area contributed by atoms with E-state index < -0.39 is 5.41 Å². The molecule has 0 aromatic rings. The van der Waals surface area contributed by atoms with E-state index in [9.17, 15) is 10.1 Å². The van der Waals surface area contributed by atoms with Crippen molar-refractivity contribution < 1.29 is 9.53 Å². The average Bonchev–Trinajstić information content (AvgIpc) is 2.88. The van der Waals surface area contributed by atoms with Gasteiger partial charge in [-0.25, -0.2) is 0 Å². The minimum atomic E-state index is -0.832. The smallest absolute Gasteiger partial charge is 0.326 e. The number of carbonyl (C=O) groups excluding carboxylic acids is 1. The Morgan fingerprint density at radius 2 is 1.70 bits per heavy atom. The predicted octanol–water partition coefficient (Wildman–Crippen LogP) is 4.22. The number of nitriles is 1. The summed E-state index contributed by atoms with van der Waals surface area (Å²) in [5, 5.41) is 9.31. The number of hydrogen-bond donors (Lipinski definition) is 0. The van der Waals surface area contributed by atoms with Gasteiger partial charge in [-0.15, -0.1) is 0 Å². The van der Waals surface area contributed by atoms with Crippen LogP contribution < -0.4 is 0 Å². The molecule has 0 unspecified atom stereocenters. The third-order valence-electron chi connectivity index (χ3n) is 5.23. The number of carbonyl (C=O) groups is 1. The van der Waals surface area contributed by atoms with E-state index in [1.807, 2.05) is 0 Å². The average molecular weight is 277 g/mol. The lowest BCUT2D eigenvalue weighted by molar-refractivity contribution is -0.160. The highest BCUT2D eigenvalue weighted by Crippen LogP contribution is 2.41. The Morgan fingerprint density at radius 1 is 1.15 bits per heavy atom. The van der Waals surface area contributed by atoms with Crippen LogP contribution in [-0.2, 0) is 9.53 Å². The van der Waals surface area contributed by atoms with Crippen LogP contribution in [0.25, 0.3) is 0 Å². The molecule has 0 amide bonds. The highest BCUT2D eigenvalue weighted by molar-refractivity contribution is 5.80. The molecule has 0 aromatic heterocycles. The fraction of sp³-hybridized carbons (Fsp3) is 0.882. The Morgan fingerprint density at radius 3 is 2.15 bits per heavy atom. The molecule has 0 spiro atoms. The first-order valence-electron chi connectivity index (χ1n) is 8.00. The highest BCUT2D eigenvalue weighted by Gasteiger charge is 2.44. The molecule has 2 fully saturated rings. The van der Waals surface area contributed by atoms with E-state index >= 15 is 0 Å². The van der Waals surface area contributed by atoms with Crippen LogP contribution in [0.1, 0.15) is 72.1 Å². The van der Waals surface area contributed by atoms with E-state index in [1.54, 1.807) is 0 Å². The summed E-state index contributed by atoms with van der Waals surface area (Å²) < 4.78 is 5.67. The lowest BCUT2D eigenvalue weighted by Crippen LogP contribution is -2.35. The normalized spacial score (nSPS) is 29.7. The summed E-state index contributed by atoms with van der Waals surface area (Å²) in [5.74, 6) is 0.463. The first-order chi connectivity index (χ1) is 9.37. The fourth-order valence-corrected chi connectivity index (χ4v) is 3.65. The summed E-state index contributed by atoms with van der Waals surface area (Å²) in [7, 11) is 0. The van der Waals surface area contributed by atoms with Crippen molar-refractivity contribution >= 4 is 5.97 Å². The van der Waals surface area contributed by atoms with Crippen LogP contribution in [0.2, 0.25) is 0 Å².